The highest BCUT2D eigenvalue weighted by atomic mass is 19.1. The molecule has 0 radical (unpaired) electrons. The fourth-order valence-electron chi connectivity index (χ4n) is 2.26. The fourth-order valence-corrected chi connectivity index (χ4v) is 2.26. The van der Waals surface area contributed by atoms with Crippen molar-refractivity contribution in [1.82, 2.24) is 0 Å². The quantitative estimate of drug-likeness (QED) is 0.830. The van der Waals surface area contributed by atoms with Crippen LogP contribution >= 0.6 is 0 Å². The lowest BCUT2D eigenvalue weighted by molar-refractivity contribution is 0.251. The number of halogens is 1. The molecule has 3 heteroatoms. The van der Waals surface area contributed by atoms with Gasteiger partial charge in [-0.25, -0.2) is 4.39 Å². The van der Waals surface area contributed by atoms with Crippen molar-refractivity contribution in [3.63, 3.8) is 0 Å². The van der Waals surface area contributed by atoms with Gasteiger partial charge in [-0.1, -0.05) is 25.1 Å². The molecule has 0 aromatic heterocycles. The Balaban J connectivity index is 2.18. The van der Waals surface area contributed by atoms with Crippen LogP contribution in [0.2, 0.25) is 0 Å². The van der Waals surface area contributed by atoms with E-state index in [1.54, 1.807) is 0 Å². The summed E-state index contributed by atoms with van der Waals surface area (Å²) in [5.74, 6) is 0. The summed E-state index contributed by atoms with van der Waals surface area (Å²) in [4.78, 5) is 2.12. The van der Waals surface area contributed by atoms with Crippen molar-refractivity contribution in [3.8, 4) is 0 Å². The zero-order valence-corrected chi connectivity index (χ0v) is 9.70. The standard InChI is InChI=1S/C13H19FN2/c1-2-10-5-3-4-6-13(10)16-8-7-12(15)11(14)9-16/h3-6,11-12H,2,7-9,15H2,1H3/t11-,12-/m1/s1. The minimum Gasteiger partial charge on any atom is -0.368 e. The van der Waals surface area contributed by atoms with Crippen LogP contribution in [-0.2, 0) is 6.42 Å². The van der Waals surface area contributed by atoms with Gasteiger partial charge in [-0.15, -0.1) is 0 Å². The number of nitrogens with two attached hydrogens (primary N) is 1. The lowest BCUT2D eigenvalue weighted by atomic mass is 10.0. The minimum absolute atomic E-state index is 0.287. The van der Waals surface area contributed by atoms with E-state index in [0.29, 0.717) is 6.54 Å². The molecule has 16 heavy (non-hydrogen) atoms. The smallest absolute Gasteiger partial charge is 0.133 e. The van der Waals surface area contributed by atoms with Gasteiger partial charge in [0, 0.05) is 18.3 Å². The highest BCUT2D eigenvalue weighted by molar-refractivity contribution is 5.54. The van der Waals surface area contributed by atoms with Crippen molar-refractivity contribution in [3.05, 3.63) is 29.8 Å². The number of hydrogen-bond acceptors (Lipinski definition) is 2. The minimum atomic E-state index is -0.904. The van der Waals surface area contributed by atoms with Crippen LogP contribution in [0.25, 0.3) is 0 Å². The SMILES string of the molecule is CCc1ccccc1N1CC[C@@H](N)[C@H](F)C1. The number of anilines is 1. The van der Waals surface area contributed by atoms with Crippen LogP contribution in [-0.4, -0.2) is 25.3 Å². The number of benzene rings is 1. The van der Waals surface area contributed by atoms with Gasteiger partial charge in [-0.3, -0.25) is 0 Å². The molecule has 1 aliphatic rings. The molecule has 88 valence electrons. The number of rotatable bonds is 2. The molecule has 0 unspecified atom stereocenters. The zero-order valence-electron chi connectivity index (χ0n) is 9.70. The average Bonchev–Trinajstić information content (AvgIpc) is 2.32. The van der Waals surface area contributed by atoms with Crippen LogP contribution in [0.1, 0.15) is 18.9 Å². The van der Waals surface area contributed by atoms with Gasteiger partial charge in [-0.2, -0.15) is 0 Å². The van der Waals surface area contributed by atoms with Crippen molar-refractivity contribution in [2.45, 2.75) is 32.0 Å². The van der Waals surface area contributed by atoms with E-state index < -0.39 is 6.17 Å². The van der Waals surface area contributed by atoms with Crippen molar-refractivity contribution in [2.24, 2.45) is 5.73 Å². The van der Waals surface area contributed by atoms with Gasteiger partial charge in [0.15, 0.2) is 0 Å². The summed E-state index contributed by atoms with van der Waals surface area (Å²) >= 11 is 0. The Morgan fingerprint density at radius 3 is 2.88 bits per heavy atom. The normalized spacial score (nSPS) is 25.8. The molecule has 1 aromatic rings. The lowest BCUT2D eigenvalue weighted by Gasteiger charge is -2.35. The first-order valence-corrected chi connectivity index (χ1v) is 5.95. The number of alkyl halides is 1. The summed E-state index contributed by atoms with van der Waals surface area (Å²) in [5, 5.41) is 0. The number of para-hydroxylation sites is 1. The van der Waals surface area contributed by atoms with E-state index in [1.807, 2.05) is 12.1 Å². The molecule has 0 saturated carbocycles. The van der Waals surface area contributed by atoms with E-state index in [0.717, 1.165) is 19.4 Å². The second-order valence-electron chi connectivity index (χ2n) is 4.40. The third-order valence-electron chi connectivity index (χ3n) is 3.30. The largest absolute Gasteiger partial charge is 0.368 e. The van der Waals surface area contributed by atoms with Gasteiger partial charge in [-0.05, 0) is 24.5 Å². The average molecular weight is 222 g/mol. The second-order valence-corrected chi connectivity index (χ2v) is 4.40. The molecule has 1 aliphatic heterocycles. The first-order chi connectivity index (χ1) is 7.72. The van der Waals surface area contributed by atoms with Gasteiger partial charge in [0.25, 0.3) is 0 Å². The number of piperidine rings is 1. The van der Waals surface area contributed by atoms with Crippen LogP contribution in [0.3, 0.4) is 0 Å². The molecule has 0 amide bonds. The molecule has 0 bridgehead atoms. The molecule has 2 nitrogen and oxygen atoms in total. The topological polar surface area (TPSA) is 29.3 Å². The summed E-state index contributed by atoms with van der Waals surface area (Å²) in [6.45, 7) is 3.41. The summed E-state index contributed by atoms with van der Waals surface area (Å²) in [7, 11) is 0. The summed E-state index contributed by atoms with van der Waals surface area (Å²) in [6.07, 6.45) is 0.813. The first-order valence-electron chi connectivity index (χ1n) is 5.95. The Morgan fingerprint density at radius 1 is 1.44 bits per heavy atom. The number of aryl methyl sites for hydroxylation is 1. The van der Waals surface area contributed by atoms with E-state index in [1.165, 1.54) is 11.3 Å². The Morgan fingerprint density at radius 2 is 2.19 bits per heavy atom. The molecule has 1 aromatic carbocycles. The molecule has 0 spiro atoms. The van der Waals surface area contributed by atoms with Crippen molar-refractivity contribution in [1.29, 1.82) is 0 Å². The molecule has 2 atom stereocenters. The molecular weight excluding hydrogens is 203 g/mol. The Kier molecular flexibility index (Phi) is 3.44. The lowest BCUT2D eigenvalue weighted by Crippen LogP contribution is -2.48. The monoisotopic (exact) mass is 222 g/mol. The van der Waals surface area contributed by atoms with Crippen LogP contribution in [0.4, 0.5) is 10.1 Å². The third-order valence-corrected chi connectivity index (χ3v) is 3.30. The van der Waals surface area contributed by atoms with E-state index >= 15 is 0 Å². The van der Waals surface area contributed by atoms with Crippen LogP contribution in [0.15, 0.2) is 24.3 Å². The molecule has 2 N–H and O–H groups in total. The van der Waals surface area contributed by atoms with Gasteiger partial charge in [0.1, 0.15) is 6.17 Å². The molecule has 1 heterocycles. The molecule has 2 rings (SSSR count). The number of hydrogen-bond donors (Lipinski definition) is 1. The maximum atomic E-state index is 13.6. The van der Waals surface area contributed by atoms with Crippen molar-refractivity contribution < 1.29 is 4.39 Å². The Hall–Kier alpha value is -1.09. The van der Waals surface area contributed by atoms with Gasteiger partial charge < -0.3 is 10.6 Å². The van der Waals surface area contributed by atoms with Crippen molar-refractivity contribution >= 4 is 5.69 Å². The predicted octanol–water partition coefficient (Wildman–Crippen LogP) is 2.12. The summed E-state index contributed by atoms with van der Waals surface area (Å²) in [5.41, 5.74) is 8.14. The number of nitrogens with zero attached hydrogens (tertiary/aromatic N) is 1. The van der Waals surface area contributed by atoms with Crippen LogP contribution in [0.5, 0.6) is 0 Å². The Labute approximate surface area is 96.2 Å². The van der Waals surface area contributed by atoms with Crippen LogP contribution < -0.4 is 10.6 Å². The maximum absolute atomic E-state index is 13.6. The molecule has 1 fully saturated rings. The van der Waals surface area contributed by atoms with E-state index in [9.17, 15) is 4.39 Å². The highest BCUT2D eigenvalue weighted by Crippen LogP contribution is 2.25. The van der Waals surface area contributed by atoms with Gasteiger partial charge in [0.2, 0.25) is 0 Å². The fraction of sp³-hybridized carbons (Fsp3) is 0.538. The highest BCUT2D eigenvalue weighted by Gasteiger charge is 2.26. The van der Waals surface area contributed by atoms with E-state index in [2.05, 4.69) is 24.0 Å². The van der Waals surface area contributed by atoms with Crippen LogP contribution in [0, 0.1) is 0 Å². The Bertz CT molecular complexity index is 354. The third kappa shape index (κ3) is 2.19. The van der Waals surface area contributed by atoms with E-state index in [4.69, 9.17) is 5.73 Å². The van der Waals surface area contributed by atoms with Crippen molar-refractivity contribution in [2.75, 3.05) is 18.0 Å². The molecular formula is C13H19FN2. The summed E-state index contributed by atoms with van der Waals surface area (Å²) in [6, 6.07) is 7.94. The van der Waals surface area contributed by atoms with Gasteiger partial charge >= 0.3 is 0 Å². The van der Waals surface area contributed by atoms with Gasteiger partial charge in [0.05, 0.1) is 6.54 Å². The summed E-state index contributed by atoms with van der Waals surface area (Å²) < 4.78 is 13.6. The maximum Gasteiger partial charge on any atom is 0.133 e. The first kappa shape index (κ1) is 11.4. The molecule has 1 saturated heterocycles. The molecule has 0 aliphatic carbocycles. The predicted molar refractivity (Wildman–Crippen MR) is 65.5 cm³/mol. The second kappa shape index (κ2) is 4.83. The van der Waals surface area contributed by atoms with E-state index in [-0.39, 0.29) is 6.04 Å². The zero-order chi connectivity index (χ0) is 11.5.